The lowest BCUT2D eigenvalue weighted by molar-refractivity contribution is -0.142. The molecule has 0 aliphatic carbocycles. The molecule has 2 aromatic rings. The normalized spacial score (nSPS) is 11.4. The first-order valence-electron chi connectivity index (χ1n) is 5.59. The van der Waals surface area contributed by atoms with Crippen molar-refractivity contribution in [3.8, 4) is 0 Å². The van der Waals surface area contributed by atoms with Gasteiger partial charge in [-0.2, -0.15) is 13.2 Å². The average molecular weight is 318 g/mol. The van der Waals surface area contributed by atoms with Crippen molar-refractivity contribution in [2.45, 2.75) is 22.8 Å². The number of hydrogen-bond acceptors (Lipinski definition) is 6. The van der Waals surface area contributed by atoms with Crippen molar-refractivity contribution < 1.29 is 22.7 Å². The number of halogens is 3. The van der Waals surface area contributed by atoms with Gasteiger partial charge in [-0.25, -0.2) is 4.68 Å². The molecule has 0 bridgehead atoms. The molecule has 1 aromatic heterocycles. The number of carbonyl (C=O) groups excluding carboxylic acids is 1. The minimum atomic E-state index is -4.48. The number of alkyl halides is 3. The van der Waals surface area contributed by atoms with Crippen LogP contribution in [0.1, 0.15) is 5.56 Å². The van der Waals surface area contributed by atoms with Crippen LogP contribution in [0.3, 0.4) is 0 Å². The number of aromatic nitrogens is 4. The zero-order chi connectivity index (χ0) is 15.5. The standard InChI is InChI=1S/C11H9F3N4O2S/c1-20-9(19)6-18-10(15-16-17-18)21-8-5-3-2-4-7(8)11(12,13)14/h2-5H,6H2,1H3. The van der Waals surface area contributed by atoms with Gasteiger partial charge in [-0.3, -0.25) is 4.79 Å². The molecule has 10 heteroatoms. The van der Waals surface area contributed by atoms with Gasteiger partial charge in [0.2, 0.25) is 5.16 Å². The van der Waals surface area contributed by atoms with E-state index in [4.69, 9.17) is 0 Å². The number of rotatable bonds is 4. The molecule has 0 spiro atoms. The zero-order valence-electron chi connectivity index (χ0n) is 10.7. The minimum Gasteiger partial charge on any atom is -0.468 e. The lowest BCUT2D eigenvalue weighted by atomic mass is 10.2. The van der Waals surface area contributed by atoms with Crippen LogP contribution in [0.2, 0.25) is 0 Å². The van der Waals surface area contributed by atoms with Crippen molar-refractivity contribution in [2.24, 2.45) is 0 Å². The number of esters is 1. The van der Waals surface area contributed by atoms with Crippen molar-refractivity contribution in [1.29, 1.82) is 0 Å². The van der Waals surface area contributed by atoms with Crippen molar-refractivity contribution >= 4 is 17.7 Å². The second kappa shape index (κ2) is 6.12. The van der Waals surface area contributed by atoms with E-state index >= 15 is 0 Å². The lowest BCUT2D eigenvalue weighted by Crippen LogP contribution is -2.14. The fourth-order valence-electron chi connectivity index (χ4n) is 1.44. The molecule has 0 aliphatic rings. The van der Waals surface area contributed by atoms with Crippen LogP contribution in [0.5, 0.6) is 0 Å². The second-order valence-corrected chi connectivity index (χ2v) is 4.80. The van der Waals surface area contributed by atoms with Crippen molar-refractivity contribution in [3.05, 3.63) is 29.8 Å². The van der Waals surface area contributed by atoms with Crippen molar-refractivity contribution in [2.75, 3.05) is 7.11 Å². The van der Waals surface area contributed by atoms with Gasteiger partial charge in [0.15, 0.2) is 0 Å². The Morgan fingerprint density at radius 1 is 1.38 bits per heavy atom. The number of hydrogen-bond donors (Lipinski definition) is 0. The quantitative estimate of drug-likeness (QED) is 0.803. The monoisotopic (exact) mass is 318 g/mol. The summed E-state index contributed by atoms with van der Waals surface area (Å²) < 4.78 is 44.2. The Morgan fingerprint density at radius 3 is 2.76 bits per heavy atom. The molecule has 0 fully saturated rings. The number of nitrogens with zero attached hydrogens (tertiary/aromatic N) is 4. The molecule has 6 nitrogen and oxygen atoms in total. The highest BCUT2D eigenvalue weighted by Crippen LogP contribution is 2.38. The topological polar surface area (TPSA) is 69.9 Å². The molecular weight excluding hydrogens is 309 g/mol. The summed E-state index contributed by atoms with van der Waals surface area (Å²) >= 11 is 0.726. The van der Waals surface area contributed by atoms with E-state index in [0.29, 0.717) is 0 Å². The number of tetrazole rings is 1. The molecule has 0 amide bonds. The maximum absolute atomic E-state index is 12.9. The third-order valence-electron chi connectivity index (χ3n) is 2.40. The summed E-state index contributed by atoms with van der Waals surface area (Å²) in [5.41, 5.74) is -0.789. The number of ether oxygens (including phenoxy) is 1. The summed E-state index contributed by atoms with van der Waals surface area (Å²) in [6, 6.07) is 5.05. The summed E-state index contributed by atoms with van der Waals surface area (Å²) in [6.45, 7) is -0.278. The van der Waals surface area contributed by atoms with Crippen LogP contribution >= 0.6 is 11.8 Å². The molecule has 0 radical (unpaired) electrons. The largest absolute Gasteiger partial charge is 0.468 e. The smallest absolute Gasteiger partial charge is 0.417 e. The molecule has 0 saturated carbocycles. The molecule has 112 valence electrons. The van der Waals surface area contributed by atoms with Crippen LogP contribution in [-0.4, -0.2) is 33.3 Å². The fraction of sp³-hybridized carbons (Fsp3) is 0.273. The van der Waals surface area contributed by atoms with Crippen LogP contribution in [0, 0.1) is 0 Å². The maximum atomic E-state index is 12.9. The molecule has 2 rings (SSSR count). The van der Waals surface area contributed by atoms with Crippen LogP contribution in [0.4, 0.5) is 13.2 Å². The molecule has 0 unspecified atom stereocenters. The number of benzene rings is 1. The van der Waals surface area contributed by atoms with Crippen LogP contribution in [0.25, 0.3) is 0 Å². The SMILES string of the molecule is COC(=O)Cn1nnnc1Sc1ccccc1C(F)(F)F. The molecular formula is C11H9F3N4O2S. The number of methoxy groups -OCH3 is 1. The highest BCUT2D eigenvalue weighted by Gasteiger charge is 2.33. The third-order valence-corrected chi connectivity index (χ3v) is 3.45. The van der Waals surface area contributed by atoms with E-state index in [1.54, 1.807) is 0 Å². The molecule has 0 N–H and O–H groups in total. The fourth-order valence-corrected chi connectivity index (χ4v) is 2.36. The van der Waals surface area contributed by atoms with Crippen LogP contribution in [0.15, 0.2) is 34.3 Å². The first-order valence-corrected chi connectivity index (χ1v) is 6.40. The average Bonchev–Trinajstić information content (AvgIpc) is 2.85. The van der Waals surface area contributed by atoms with E-state index in [1.807, 2.05) is 0 Å². The Morgan fingerprint density at radius 2 is 2.10 bits per heavy atom. The van der Waals surface area contributed by atoms with Gasteiger partial charge in [0, 0.05) is 4.90 Å². The van der Waals surface area contributed by atoms with Gasteiger partial charge in [0.1, 0.15) is 6.54 Å². The Kier molecular flexibility index (Phi) is 4.46. The van der Waals surface area contributed by atoms with Gasteiger partial charge in [-0.05, 0) is 34.3 Å². The summed E-state index contributed by atoms with van der Waals surface area (Å²) in [7, 11) is 1.19. The second-order valence-electron chi connectivity index (χ2n) is 3.79. The minimum absolute atomic E-state index is 0.0501. The van der Waals surface area contributed by atoms with E-state index in [-0.39, 0.29) is 16.6 Å². The Balaban J connectivity index is 2.28. The van der Waals surface area contributed by atoms with Crippen LogP contribution in [-0.2, 0) is 22.3 Å². The van der Waals surface area contributed by atoms with Gasteiger partial charge in [-0.15, -0.1) is 5.10 Å². The predicted molar refractivity (Wildman–Crippen MR) is 65.4 cm³/mol. The summed E-state index contributed by atoms with van der Waals surface area (Å²) in [4.78, 5) is 11.1. The highest BCUT2D eigenvalue weighted by atomic mass is 32.2. The Bertz CT molecular complexity index is 644. The van der Waals surface area contributed by atoms with Crippen molar-refractivity contribution in [1.82, 2.24) is 20.2 Å². The predicted octanol–water partition coefficient (Wildman–Crippen LogP) is 2.02. The first-order chi connectivity index (χ1) is 9.91. The van der Waals surface area contributed by atoms with Crippen LogP contribution < -0.4 is 0 Å². The van der Waals surface area contributed by atoms with E-state index in [2.05, 4.69) is 20.3 Å². The molecule has 0 aliphatic heterocycles. The van der Waals surface area contributed by atoms with Gasteiger partial charge in [-0.1, -0.05) is 12.1 Å². The number of carbonyl (C=O) groups is 1. The van der Waals surface area contributed by atoms with E-state index in [0.717, 1.165) is 22.5 Å². The van der Waals surface area contributed by atoms with Crippen molar-refractivity contribution in [3.63, 3.8) is 0 Å². The zero-order valence-corrected chi connectivity index (χ0v) is 11.5. The summed E-state index contributed by atoms with van der Waals surface area (Å²) in [5.74, 6) is -0.603. The maximum Gasteiger partial charge on any atom is 0.417 e. The molecule has 0 saturated heterocycles. The highest BCUT2D eigenvalue weighted by molar-refractivity contribution is 7.99. The molecule has 0 atom stereocenters. The van der Waals surface area contributed by atoms with E-state index in [1.165, 1.54) is 25.3 Å². The third kappa shape index (κ3) is 3.72. The van der Waals surface area contributed by atoms with E-state index < -0.39 is 17.7 Å². The van der Waals surface area contributed by atoms with Gasteiger partial charge < -0.3 is 4.74 Å². The van der Waals surface area contributed by atoms with Gasteiger partial charge in [0.05, 0.1) is 12.7 Å². The van der Waals surface area contributed by atoms with Gasteiger partial charge in [0.25, 0.3) is 0 Å². The van der Waals surface area contributed by atoms with Gasteiger partial charge >= 0.3 is 12.1 Å². The Hall–Kier alpha value is -2.10. The lowest BCUT2D eigenvalue weighted by Gasteiger charge is -2.11. The molecule has 21 heavy (non-hydrogen) atoms. The molecule has 1 heterocycles. The molecule has 1 aromatic carbocycles. The first kappa shape index (κ1) is 15.3. The summed E-state index contributed by atoms with van der Waals surface area (Å²) in [5, 5.41) is 10.6. The van der Waals surface area contributed by atoms with E-state index in [9.17, 15) is 18.0 Å². The Labute approximate surface area is 121 Å². The summed E-state index contributed by atoms with van der Waals surface area (Å²) in [6.07, 6.45) is -4.48.